The number of likely N-dealkylation sites (tertiary alicyclic amines) is 1. The number of likely N-dealkylation sites (N-methyl/N-ethyl adjacent to an activating group) is 1. The van der Waals surface area contributed by atoms with Crippen LogP contribution in [0.5, 0.6) is 0 Å². The summed E-state index contributed by atoms with van der Waals surface area (Å²) in [6.07, 6.45) is 3.79. The molecule has 1 saturated heterocycles. The minimum absolute atomic E-state index is 0.0937. The number of benzene rings is 3. The number of carbonyl (C=O) groups excluding carboxylic acids is 1. The van der Waals surface area contributed by atoms with Crippen LogP contribution in [0.25, 0.3) is 0 Å². The third-order valence-corrected chi connectivity index (χ3v) is 9.56. The Hall–Kier alpha value is -3.44. The fourth-order valence-electron chi connectivity index (χ4n) is 5.13. The van der Waals surface area contributed by atoms with Crippen molar-refractivity contribution in [2.24, 2.45) is 5.92 Å². The summed E-state index contributed by atoms with van der Waals surface area (Å²) < 4.78 is 26.0. The van der Waals surface area contributed by atoms with Gasteiger partial charge < -0.3 is 15.3 Å². The highest BCUT2D eigenvalue weighted by Crippen LogP contribution is 2.24. The third kappa shape index (κ3) is 8.78. The van der Waals surface area contributed by atoms with Crippen LogP contribution >= 0.6 is 11.6 Å². The van der Waals surface area contributed by atoms with E-state index in [2.05, 4.69) is 10.2 Å². The molecule has 42 heavy (non-hydrogen) atoms. The number of aliphatic carboxylic acids is 1. The molecule has 1 fully saturated rings. The Kier molecular flexibility index (Phi) is 11.0. The highest BCUT2D eigenvalue weighted by molar-refractivity contribution is 7.89. The van der Waals surface area contributed by atoms with Gasteiger partial charge in [-0.25, -0.2) is 13.2 Å². The van der Waals surface area contributed by atoms with E-state index >= 15 is 0 Å². The van der Waals surface area contributed by atoms with E-state index in [0.717, 1.165) is 60.9 Å². The monoisotopic (exact) mass is 612 g/mol. The third-order valence-electron chi connectivity index (χ3n) is 7.49. The molecule has 0 unspecified atom stereocenters. The molecule has 2 N–H and O–H groups in total. The number of halogens is 1. The number of carboxylic acids is 1. The molecule has 0 spiro atoms. The average molecular weight is 613 g/mol. The number of sulfonamides is 1. The van der Waals surface area contributed by atoms with E-state index in [0.29, 0.717) is 23.2 Å². The summed E-state index contributed by atoms with van der Waals surface area (Å²) in [5, 5.41) is 12.5. The number of urea groups is 1. The van der Waals surface area contributed by atoms with E-state index in [9.17, 15) is 18.0 Å². The van der Waals surface area contributed by atoms with Crippen molar-refractivity contribution in [2.75, 3.05) is 50.0 Å². The second-order valence-corrected chi connectivity index (χ2v) is 13.0. The van der Waals surface area contributed by atoms with Gasteiger partial charge in [0.15, 0.2) is 0 Å². The van der Waals surface area contributed by atoms with Gasteiger partial charge in [-0.2, -0.15) is 4.31 Å². The molecule has 9 nitrogen and oxygen atoms in total. The molecule has 0 aromatic heterocycles. The van der Waals surface area contributed by atoms with Crippen LogP contribution in [0, 0.1) is 5.92 Å². The van der Waals surface area contributed by atoms with Gasteiger partial charge in [0.25, 0.3) is 0 Å². The van der Waals surface area contributed by atoms with Crippen LogP contribution in [0.3, 0.4) is 0 Å². The predicted molar refractivity (Wildman–Crippen MR) is 166 cm³/mol. The second-order valence-electron chi connectivity index (χ2n) is 10.6. The van der Waals surface area contributed by atoms with Crippen LogP contribution < -0.4 is 10.2 Å². The lowest BCUT2D eigenvalue weighted by molar-refractivity contribution is -0.137. The van der Waals surface area contributed by atoms with Gasteiger partial charge in [0.2, 0.25) is 10.0 Å². The summed E-state index contributed by atoms with van der Waals surface area (Å²) >= 11 is 5.98. The number of carbonyl (C=O) groups is 2. The number of para-hydroxylation sites is 1. The van der Waals surface area contributed by atoms with Gasteiger partial charge in [-0.1, -0.05) is 41.9 Å². The zero-order valence-corrected chi connectivity index (χ0v) is 25.2. The topological polar surface area (TPSA) is 110 Å². The summed E-state index contributed by atoms with van der Waals surface area (Å²) in [6.45, 7) is 2.84. The molecule has 1 aliphatic rings. The molecule has 224 valence electrons. The number of piperidine rings is 1. The highest BCUT2D eigenvalue weighted by atomic mass is 35.5. The number of nitrogens with zero attached hydrogens (tertiary/aromatic N) is 3. The Labute approximate surface area is 252 Å². The van der Waals surface area contributed by atoms with Crippen LogP contribution in [0.1, 0.15) is 24.8 Å². The first kappa shape index (κ1) is 31.5. The van der Waals surface area contributed by atoms with Gasteiger partial charge in [0.1, 0.15) is 6.54 Å². The number of hydrogen-bond donors (Lipinski definition) is 2. The van der Waals surface area contributed by atoms with Crippen molar-refractivity contribution in [1.82, 2.24) is 9.21 Å². The number of carboxylic acid groups (broad SMARTS) is 1. The molecule has 0 saturated carbocycles. The molecule has 11 heteroatoms. The smallest absolute Gasteiger partial charge is 0.326 e. The quantitative estimate of drug-likeness (QED) is 0.282. The van der Waals surface area contributed by atoms with E-state index in [1.165, 1.54) is 7.05 Å². The Morgan fingerprint density at radius 1 is 0.976 bits per heavy atom. The van der Waals surface area contributed by atoms with Crippen molar-refractivity contribution >= 4 is 45.0 Å². The Morgan fingerprint density at radius 3 is 2.24 bits per heavy atom. The fraction of sp³-hybridized carbons (Fsp3) is 0.355. The number of nitrogens with one attached hydrogen (secondary N) is 1. The minimum Gasteiger partial charge on any atom is -0.480 e. The molecular weight excluding hydrogens is 576 g/mol. The molecule has 0 bridgehead atoms. The maximum atomic E-state index is 13.2. The zero-order chi connectivity index (χ0) is 30.1. The Balaban J connectivity index is 1.25. The molecule has 0 aliphatic carbocycles. The van der Waals surface area contributed by atoms with Crippen LogP contribution in [-0.2, 0) is 21.2 Å². The largest absolute Gasteiger partial charge is 0.480 e. The maximum absolute atomic E-state index is 13.2. The van der Waals surface area contributed by atoms with Crippen LogP contribution in [0.2, 0.25) is 5.02 Å². The van der Waals surface area contributed by atoms with Gasteiger partial charge >= 0.3 is 12.0 Å². The maximum Gasteiger partial charge on any atom is 0.326 e. The van der Waals surface area contributed by atoms with E-state index in [1.807, 2.05) is 42.5 Å². The van der Waals surface area contributed by atoms with Gasteiger partial charge in [0, 0.05) is 30.0 Å². The van der Waals surface area contributed by atoms with Crippen molar-refractivity contribution in [2.45, 2.75) is 30.6 Å². The Morgan fingerprint density at radius 2 is 1.62 bits per heavy atom. The van der Waals surface area contributed by atoms with Crippen molar-refractivity contribution in [3.8, 4) is 0 Å². The van der Waals surface area contributed by atoms with Crippen molar-refractivity contribution < 1.29 is 23.1 Å². The van der Waals surface area contributed by atoms with Crippen LogP contribution in [0.15, 0.2) is 83.8 Å². The molecule has 3 aromatic carbocycles. The van der Waals surface area contributed by atoms with E-state index in [-0.39, 0.29) is 10.9 Å². The van der Waals surface area contributed by atoms with Crippen molar-refractivity contribution in [1.29, 1.82) is 0 Å². The molecule has 3 aromatic rings. The highest BCUT2D eigenvalue weighted by Gasteiger charge is 2.24. The van der Waals surface area contributed by atoms with E-state index in [1.54, 1.807) is 41.3 Å². The summed E-state index contributed by atoms with van der Waals surface area (Å²) in [4.78, 5) is 28.4. The first-order valence-electron chi connectivity index (χ1n) is 14.0. The molecule has 4 rings (SSSR count). The number of hydrogen-bond acceptors (Lipinski definition) is 5. The summed E-state index contributed by atoms with van der Waals surface area (Å²) in [7, 11) is -2.57. The lowest BCUT2D eigenvalue weighted by atomic mass is 9.90. The summed E-state index contributed by atoms with van der Waals surface area (Å²) in [6, 6.07) is 23.3. The molecule has 0 radical (unpaired) electrons. The molecule has 0 atom stereocenters. The standard InChI is InChI=1S/C31H37ClN4O5S/c1-34(23-30(37)38)42(40,41)29-14-8-24(9-15-29)22-25-16-20-35(21-17-25)18-5-19-36(28-6-3-2-4-7-28)31(39)33-27-12-10-26(32)11-13-27/h2-4,6-15,25H,5,16-23H2,1H3,(H,33,39)(H,37,38). The van der Waals surface area contributed by atoms with E-state index in [4.69, 9.17) is 16.7 Å². The van der Waals surface area contributed by atoms with Gasteiger partial charge in [0.05, 0.1) is 4.90 Å². The average Bonchev–Trinajstić information content (AvgIpc) is 2.97. The number of anilines is 2. The van der Waals surface area contributed by atoms with Crippen molar-refractivity contribution in [3.63, 3.8) is 0 Å². The minimum atomic E-state index is -3.83. The molecular formula is C31H37ClN4O5S. The SMILES string of the molecule is CN(CC(=O)O)S(=O)(=O)c1ccc(CC2CCN(CCCN(C(=O)Nc3ccc(Cl)cc3)c3ccccc3)CC2)cc1. The van der Waals surface area contributed by atoms with Gasteiger partial charge in [-0.3, -0.25) is 9.69 Å². The van der Waals surface area contributed by atoms with Crippen LogP contribution in [-0.4, -0.2) is 74.5 Å². The first-order valence-corrected chi connectivity index (χ1v) is 15.8. The van der Waals surface area contributed by atoms with E-state index < -0.39 is 22.5 Å². The zero-order valence-electron chi connectivity index (χ0n) is 23.7. The summed E-state index contributed by atoms with van der Waals surface area (Å²) in [5.41, 5.74) is 2.60. The molecule has 1 aliphatic heterocycles. The summed E-state index contributed by atoms with van der Waals surface area (Å²) in [5.74, 6) is -0.693. The normalized spacial score (nSPS) is 14.5. The lowest BCUT2D eigenvalue weighted by Gasteiger charge is -2.32. The Bertz CT molecular complexity index is 1430. The number of amides is 2. The van der Waals surface area contributed by atoms with Gasteiger partial charge in [-0.15, -0.1) is 0 Å². The van der Waals surface area contributed by atoms with Crippen LogP contribution in [0.4, 0.5) is 16.2 Å². The first-order chi connectivity index (χ1) is 20.1. The second kappa shape index (κ2) is 14.6. The van der Waals surface area contributed by atoms with Gasteiger partial charge in [-0.05, 0) is 105 Å². The number of rotatable bonds is 12. The molecule has 1 heterocycles. The lowest BCUT2D eigenvalue weighted by Crippen LogP contribution is -2.39. The van der Waals surface area contributed by atoms with Crippen molar-refractivity contribution in [3.05, 3.63) is 89.4 Å². The molecule has 2 amide bonds. The predicted octanol–water partition coefficient (Wildman–Crippen LogP) is 5.43. The fourth-order valence-corrected chi connectivity index (χ4v) is 6.38.